The third kappa shape index (κ3) is 3.30. The SMILES string of the molecule is Cc1cc(Cl)ccc1-c1nc(N)c(Br)c(CC(C)C)n1. The largest absolute Gasteiger partial charge is 0.383 e. The van der Waals surface area contributed by atoms with Crippen molar-refractivity contribution in [3.8, 4) is 11.4 Å². The zero-order chi connectivity index (χ0) is 14.9. The van der Waals surface area contributed by atoms with Gasteiger partial charge in [-0.05, 0) is 59.0 Å². The van der Waals surface area contributed by atoms with Crippen LogP contribution in [-0.4, -0.2) is 9.97 Å². The zero-order valence-electron chi connectivity index (χ0n) is 11.7. The fourth-order valence-corrected chi connectivity index (χ4v) is 2.60. The lowest BCUT2D eigenvalue weighted by atomic mass is 10.1. The van der Waals surface area contributed by atoms with E-state index >= 15 is 0 Å². The zero-order valence-corrected chi connectivity index (χ0v) is 14.1. The van der Waals surface area contributed by atoms with Crippen molar-refractivity contribution in [1.29, 1.82) is 0 Å². The van der Waals surface area contributed by atoms with Crippen molar-refractivity contribution in [2.24, 2.45) is 5.92 Å². The Balaban J connectivity index is 2.54. The Morgan fingerprint density at radius 2 is 2.00 bits per heavy atom. The topological polar surface area (TPSA) is 51.8 Å². The Hall–Kier alpha value is -1.13. The van der Waals surface area contributed by atoms with Crippen molar-refractivity contribution in [3.63, 3.8) is 0 Å². The lowest BCUT2D eigenvalue weighted by molar-refractivity contribution is 0.633. The first kappa shape index (κ1) is 15.3. The second-order valence-electron chi connectivity index (χ2n) is 5.25. The van der Waals surface area contributed by atoms with E-state index in [1.807, 2.05) is 25.1 Å². The number of nitrogens with two attached hydrogens (primary N) is 1. The van der Waals surface area contributed by atoms with Gasteiger partial charge in [0.15, 0.2) is 5.82 Å². The minimum atomic E-state index is 0.472. The Morgan fingerprint density at radius 3 is 2.60 bits per heavy atom. The average molecular weight is 355 g/mol. The summed E-state index contributed by atoms with van der Waals surface area (Å²) in [4.78, 5) is 9.03. The fraction of sp³-hybridized carbons (Fsp3) is 0.333. The minimum absolute atomic E-state index is 0.472. The van der Waals surface area contributed by atoms with E-state index in [4.69, 9.17) is 17.3 Å². The third-order valence-corrected chi connectivity index (χ3v) is 4.08. The van der Waals surface area contributed by atoms with Crippen molar-refractivity contribution < 1.29 is 0 Å². The molecule has 0 saturated heterocycles. The van der Waals surface area contributed by atoms with E-state index in [0.29, 0.717) is 22.6 Å². The predicted molar refractivity (Wildman–Crippen MR) is 87.9 cm³/mol. The van der Waals surface area contributed by atoms with Gasteiger partial charge < -0.3 is 5.73 Å². The molecule has 2 N–H and O–H groups in total. The molecule has 0 fully saturated rings. The van der Waals surface area contributed by atoms with E-state index < -0.39 is 0 Å². The van der Waals surface area contributed by atoms with Gasteiger partial charge in [0.05, 0.1) is 10.2 Å². The van der Waals surface area contributed by atoms with Gasteiger partial charge in [-0.25, -0.2) is 9.97 Å². The number of anilines is 1. The Labute approximate surface area is 132 Å². The first-order valence-corrected chi connectivity index (χ1v) is 7.64. The van der Waals surface area contributed by atoms with Crippen LogP contribution in [0.2, 0.25) is 5.02 Å². The molecule has 0 atom stereocenters. The van der Waals surface area contributed by atoms with Gasteiger partial charge in [-0.15, -0.1) is 0 Å². The smallest absolute Gasteiger partial charge is 0.162 e. The summed E-state index contributed by atoms with van der Waals surface area (Å²) in [7, 11) is 0. The first-order chi connectivity index (χ1) is 9.38. The molecule has 3 nitrogen and oxygen atoms in total. The Bertz CT molecular complexity index is 641. The standard InChI is InChI=1S/C15H17BrClN3/c1-8(2)6-12-13(16)14(18)20-15(19-12)11-5-4-10(17)7-9(11)3/h4-5,7-8H,6H2,1-3H3,(H2,18,19,20). The summed E-state index contributed by atoms with van der Waals surface area (Å²) in [6.07, 6.45) is 0.854. The number of rotatable bonds is 3. The summed E-state index contributed by atoms with van der Waals surface area (Å²) >= 11 is 9.46. The van der Waals surface area contributed by atoms with Gasteiger partial charge in [0.25, 0.3) is 0 Å². The quantitative estimate of drug-likeness (QED) is 0.873. The monoisotopic (exact) mass is 353 g/mol. The van der Waals surface area contributed by atoms with Crippen LogP contribution in [0.1, 0.15) is 25.1 Å². The number of aromatic nitrogens is 2. The molecule has 20 heavy (non-hydrogen) atoms. The lowest BCUT2D eigenvalue weighted by Gasteiger charge is -2.12. The number of benzene rings is 1. The van der Waals surface area contributed by atoms with Crippen molar-refractivity contribution >= 4 is 33.3 Å². The molecule has 0 bridgehead atoms. The van der Waals surface area contributed by atoms with Crippen LogP contribution in [0.15, 0.2) is 22.7 Å². The van der Waals surface area contributed by atoms with E-state index in [1.165, 1.54) is 0 Å². The highest BCUT2D eigenvalue weighted by Crippen LogP contribution is 2.29. The highest BCUT2D eigenvalue weighted by molar-refractivity contribution is 9.10. The summed E-state index contributed by atoms with van der Waals surface area (Å²) in [5.74, 6) is 1.62. The highest BCUT2D eigenvalue weighted by atomic mass is 79.9. The number of aryl methyl sites for hydroxylation is 1. The van der Waals surface area contributed by atoms with Crippen molar-refractivity contribution in [2.75, 3.05) is 5.73 Å². The molecular formula is C15H17BrClN3. The van der Waals surface area contributed by atoms with Gasteiger partial charge in [-0.3, -0.25) is 0 Å². The molecule has 1 aromatic carbocycles. The molecule has 2 rings (SSSR count). The maximum Gasteiger partial charge on any atom is 0.162 e. The minimum Gasteiger partial charge on any atom is -0.383 e. The van der Waals surface area contributed by atoms with E-state index in [2.05, 4.69) is 39.7 Å². The molecule has 0 saturated carbocycles. The second kappa shape index (κ2) is 6.10. The molecule has 0 aliphatic rings. The predicted octanol–water partition coefficient (Wildman–Crippen LogP) is 4.65. The van der Waals surface area contributed by atoms with E-state index in [1.54, 1.807) is 0 Å². The second-order valence-corrected chi connectivity index (χ2v) is 6.48. The molecule has 0 unspecified atom stereocenters. The van der Waals surface area contributed by atoms with Gasteiger partial charge in [0.1, 0.15) is 5.82 Å². The van der Waals surface area contributed by atoms with Crippen LogP contribution in [0.3, 0.4) is 0 Å². The molecule has 0 spiro atoms. The summed E-state index contributed by atoms with van der Waals surface area (Å²) in [6, 6.07) is 5.67. The summed E-state index contributed by atoms with van der Waals surface area (Å²) in [5.41, 5.74) is 8.93. The first-order valence-electron chi connectivity index (χ1n) is 6.47. The molecule has 106 valence electrons. The van der Waals surface area contributed by atoms with Crippen molar-refractivity contribution in [1.82, 2.24) is 9.97 Å². The number of nitrogens with zero attached hydrogens (tertiary/aromatic N) is 2. The molecule has 0 aliphatic heterocycles. The highest BCUT2D eigenvalue weighted by Gasteiger charge is 2.14. The fourth-order valence-electron chi connectivity index (χ4n) is 2.03. The average Bonchev–Trinajstić information content (AvgIpc) is 2.34. The number of nitrogen functional groups attached to an aromatic ring is 1. The summed E-state index contributed by atoms with van der Waals surface area (Å²) in [6.45, 7) is 6.29. The maximum atomic E-state index is 5.99. The molecule has 5 heteroatoms. The number of hydrogen-bond acceptors (Lipinski definition) is 3. The summed E-state index contributed by atoms with van der Waals surface area (Å²) < 4.78 is 0.793. The molecule has 0 aliphatic carbocycles. The van der Waals surface area contributed by atoms with Gasteiger partial charge in [0.2, 0.25) is 0 Å². The van der Waals surface area contributed by atoms with Gasteiger partial charge >= 0.3 is 0 Å². The molecular weight excluding hydrogens is 338 g/mol. The van der Waals surface area contributed by atoms with Crippen LogP contribution in [0.5, 0.6) is 0 Å². The Kier molecular flexibility index (Phi) is 4.66. The van der Waals surface area contributed by atoms with Crippen LogP contribution in [0.4, 0.5) is 5.82 Å². The molecule has 1 aromatic heterocycles. The van der Waals surface area contributed by atoms with E-state index in [-0.39, 0.29) is 0 Å². The molecule has 2 aromatic rings. The Morgan fingerprint density at radius 1 is 1.30 bits per heavy atom. The van der Waals surface area contributed by atoms with E-state index in [9.17, 15) is 0 Å². The maximum absolute atomic E-state index is 5.99. The van der Waals surface area contributed by atoms with E-state index in [0.717, 1.165) is 27.7 Å². The van der Waals surface area contributed by atoms with Crippen LogP contribution in [-0.2, 0) is 6.42 Å². The summed E-state index contributed by atoms with van der Waals surface area (Å²) in [5, 5.41) is 0.707. The van der Waals surface area contributed by atoms with Crippen LogP contribution in [0, 0.1) is 12.8 Å². The van der Waals surface area contributed by atoms with Crippen LogP contribution < -0.4 is 5.73 Å². The van der Waals surface area contributed by atoms with Gasteiger partial charge in [-0.2, -0.15) is 0 Å². The van der Waals surface area contributed by atoms with Gasteiger partial charge in [-0.1, -0.05) is 25.4 Å². The number of halogens is 2. The van der Waals surface area contributed by atoms with Crippen molar-refractivity contribution in [3.05, 3.63) is 39.0 Å². The van der Waals surface area contributed by atoms with Crippen LogP contribution >= 0.6 is 27.5 Å². The van der Waals surface area contributed by atoms with Gasteiger partial charge in [0, 0.05) is 10.6 Å². The molecule has 0 radical (unpaired) electrons. The van der Waals surface area contributed by atoms with Crippen LogP contribution in [0.25, 0.3) is 11.4 Å². The lowest BCUT2D eigenvalue weighted by Crippen LogP contribution is -2.06. The molecule has 0 amide bonds. The van der Waals surface area contributed by atoms with Crippen molar-refractivity contribution in [2.45, 2.75) is 27.2 Å². The number of hydrogen-bond donors (Lipinski definition) is 1. The third-order valence-electron chi connectivity index (χ3n) is 2.98. The molecule has 1 heterocycles. The normalized spacial score (nSPS) is 11.1.